The number of alkyl carbamates (subject to hydrolysis) is 1. The van der Waals surface area contributed by atoms with Crippen molar-refractivity contribution in [2.45, 2.75) is 51.4 Å². The van der Waals surface area contributed by atoms with Crippen molar-refractivity contribution in [2.24, 2.45) is 0 Å². The Hall–Kier alpha value is -2.38. The molecule has 144 valence electrons. The summed E-state index contributed by atoms with van der Waals surface area (Å²) in [6.07, 6.45) is -1.82. The minimum atomic E-state index is -3.32. The van der Waals surface area contributed by atoms with Crippen LogP contribution in [-0.4, -0.2) is 47.2 Å². The molecule has 0 spiro atoms. The number of nitrogens with zero attached hydrogens (tertiary/aromatic N) is 1. The molecule has 26 heavy (non-hydrogen) atoms. The highest BCUT2D eigenvalue weighted by molar-refractivity contribution is 5.71. The van der Waals surface area contributed by atoms with Gasteiger partial charge in [-0.05, 0) is 33.3 Å². The molecule has 1 N–H and O–H groups in total. The minimum Gasteiger partial charge on any atom is -0.445 e. The molecule has 0 aliphatic carbocycles. The highest BCUT2D eigenvalue weighted by Gasteiger charge is 2.60. The molecule has 1 aromatic carbocycles. The number of alkyl halides is 2. The zero-order chi connectivity index (χ0) is 19.6. The zero-order valence-corrected chi connectivity index (χ0v) is 15.3. The summed E-state index contributed by atoms with van der Waals surface area (Å²) in [5.41, 5.74) is -2.01. The van der Waals surface area contributed by atoms with E-state index < -0.39 is 35.8 Å². The van der Waals surface area contributed by atoms with Crippen molar-refractivity contribution in [3.05, 3.63) is 35.9 Å². The van der Waals surface area contributed by atoms with Gasteiger partial charge < -0.3 is 14.8 Å². The van der Waals surface area contributed by atoms with E-state index in [4.69, 9.17) is 9.47 Å². The highest BCUT2D eigenvalue weighted by atomic mass is 19.3. The molecular formula is C18H24F2N2O4. The van der Waals surface area contributed by atoms with Gasteiger partial charge in [0.15, 0.2) is 0 Å². The molecule has 1 fully saturated rings. The third kappa shape index (κ3) is 4.83. The van der Waals surface area contributed by atoms with Crippen molar-refractivity contribution in [2.75, 3.05) is 13.1 Å². The van der Waals surface area contributed by atoms with Gasteiger partial charge in [-0.15, -0.1) is 0 Å². The fourth-order valence-electron chi connectivity index (χ4n) is 2.57. The van der Waals surface area contributed by atoms with Crippen molar-refractivity contribution in [1.29, 1.82) is 0 Å². The summed E-state index contributed by atoms with van der Waals surface area (Å²) in [4.78, 5) is 24.9. The number of carbonyl (C=O) groups is 2. The quantitative estimate of drug-likeness (QED) is 0.883. The molecular weight excluding hydrogens is 346 g/mol. The summed E-state index contributed by atoms with van der Waals surface area (Å²) in [7, 11) is 0. The van der Waals surface area contributed by atoms with E-state index in [1.165, 1.54) is 6.92 Å². The first kappa shape index (κ1) is 19.9. The number of halogens is 2. The molecule has 8 heteroatoms. The summed E-state index contributed by atoms with van der Waals surface area (Å²) in [6, 6.07) is 8.92. The monoisotopic (exact) mass is 370 g/mol. The van der Waals surface area contributed by atoms with Crippen LogP contribution in [0.5, 0.6) is 0 Å². The first-order valence-corrected chi connectivity index (χ1v) is 8.26. The third-order valence-electron chi connectivity index (χ3n) is 3.94. The van der Waals surface area contributed by atoms with E-state index in [0.29, 0.717) is 0 Å². The fourth-order valence-corrected chi connectivity index (χ4v) is 2.57. The number of likely N-dealkylation sites (tertiary alicyclic amines) is 1. The second-order valence-corrected chi connectivity index (χ2v) is 7.56. The van der Waals surface area contributed by atoms with E-state index >= 15 is 0 Å². The van der Waals surface area contributed by atoms with E-state index in [9.17, 15) is 18.4 Å². The fraction of sp³-hybridized carbons (Fsp3) is 0.556. The summed E-state index contributed by atoms with van der Waals surface area (Å²) in [6.45, 7) is 4.85. The van der Waals surface area contributed by atoms with Gasteiger partial charge in [0, 0.05) is 0 Å². The average molecular weight is 370 g/mol. The van der Waals surface area contributed by atoms with Gasteiger partial charge in [-0.1, -0.05) is 30.3 Å². The molecule has 1 heterocycles. The molecule has 1 aliphatic rings. The second-order valence-electron chi connectivity index (χ2n) is 7.56. The van der Waals surface area contributed by atoms with Crippen molar-refractivity contribution in [3.63, 3.8) is 0 Å². The van der Waals surface area contributed by atoms with Crippen molar-refractivity contribution >= 4 is 12.2 Å². The summed E-state index contributed by atoms with van der Waals surface area (Å²) < 4.78 is 39.0. The minimum absolute atomic E-state index is 0.0159. The Labute approximate surface area is 151 Å². The normalized spacial score (nSPS) is 22.0. The second kappa shape index (κ2) is 7.09. The Morgan fingerprint density at radius 3 is 2.38 bits per heavy atom. The smallest absolute Gasteiger partial charge is 0.410 e. The molecule has 2 amide bonds. The van der Waals surface area contributed by atoms with Crippen molar-refractivity contribution in [3.8, 4) is 0 Å². The van der Waals surface area contributed by atoms with Crippen LogP contribution < -0.4 is 5.32 Å². The molecule has 1 aliphatic heterocycles. The molecule has 1 unspecified atom stereocenters. The van der Waals surface area contributed by atoms with Crippen LogP contribution in [0.2, 0.25) is 0 Å². The molecule has 0 radical (unpaired) electrons. The summed E-state index contributed by atoms with van der Waals surface area (Å²) >= 11 is 0. The van der Waals surface area contributed by atoms with Crippen LogP contribution in [0.4, 0.5) is 18.4 Å². The van der Waals surface area contributed by atoms with Gasteiger partial charge in [-0.25, -0.2) is 18.4 Å². The summed E-state index contributed by atoms with van der Waals surface area (Å²) in [5, 5.41) is 2.20. The summed E-state index contributed by atoms with van der Waals surface area (Å²) in [5.74, 6) is -3.32. The molecule has 6 nitrogen and oxygen atoms in total. The third-order valence-corrected chi connectivity index (χ3v) is 3.94. The number of rotatable bonds is 3. The molecule has 0 aromatic heterocycles. The van der Waals surface area contributed by atoms with Crippen LogP contribution in [0.15, 0.2) is 30.3 Å². The van der Waals surface area contributed by atoms with Crippen LogP contribution in [0.1, 0.15) is 33.3 Å². The lowest BCUT2D eigenvalue weighted by Crippen LogP contribution is -2.58. The van der Waals surface area contributed by atoms with Gasteiger partial charge in [-0.2, -0.15) is 0 Å². The van der Waals surface area contributed by atoms with Crippen LogP contribution >= 0.6 is 0 Å². The number of amides is 2. The predicted molar refractivity (Wildman–Crippen MR) is 90.9 cm³/mol. The standard InChI is InChI=1S/C18H24F2N2O4/c1-16(2,3)26-14(23)21-17(4)11-22(12-18(17,19)20)15(24)25-10-13-8-6-5-7-9-13/h5-9H,10-12H2,1-4H3,(H,21,23). The van der Waals surface area contributed by atoms with Crippen molar-refractivity contribution in [1.82, 2.24) is 10.2 Å². The van der Waals surface area contributed by atoms with Crippen LogP contribution in [-0.2, 0) is 16.1 Å². The number of nitrogens with one attached hydrogen (secondary N) is 1. The Kier molecular flexibility index (Phi) is 5.44. The van der Waals surface area contributed by atoms with Gasteiger partial charge >= 0.3 is 12.2 Å². The first-order chi connectivity index (χ1) is 11.9. The van der Waals surface area contributed by atoms with Gasteiger partial charge in [0.25, 0.3) is 5.92 Å². The van der Waals surface area contributed by atoms with Gasteiger partial charge in [0.1, 0.15) is 17.7 Å². The Balaban J connectivity index is 1.98. The molecule has 1 aromatic rings. The number of ether oxygens (including phenoxy) is 2. The van der Waals surface area contributed by atoms with E-state index in [0.717, 1.165) is 10.5 Å². The number of hydrogen-bond donors (Lipinski definition) is 1. The average Bonchev–Trinajstić information content (AvgIpc) is 2.73. The lowest BCUT2D eigenvalue weighted by atomic mass is 9.98. The van der Waals surface area contributed by atoms with Gasteiger partial charge in [0.05, 0.1) is 13.1 Å². The Bertz CT molecular complexity index is 661. The van der Waals surface area contributed by atoms with E-state index in [1.807, 2.05) is 6.07 Å². The number of benzene rings is 1. The number of carbonyl (C=O) groups excluding carboxylic acids is 2. The van der Waals surface area contributed by atoms with Crippen LogP contribution in [0.3, 0.4) is 0 Å². The molecule has 0 bridgehead atoms. The van der Waals surface area contributed by atoms with E-state index in [-0.39, 0.29) is 13.2 Å². The lowest BCUT2D eigenvalue weighted by Gasteiger charge is -2.31. The van der Waals surface area contributed by atoms with Gasteiger partial charge in [-0.3, -0.25) is 4.90 Å². The van der Waals surface area contributed by atoms with Crippen LogP contribution in [0.25, 0.3) is 0 Å². The van der Waals surface area contributed by atoms with E-state index in [2.05, 4.69) is 5.32 Å². The molecule has 1 atom stereocenters. The molecule has 2 rings (SSSR count). The maximum atomic E-state index is 14.4. The topological polar surface area (TPSA) is 67.9 Å². The highest BCUT2D eigenvalue weighted by Crippen LogP contribution is 2.37. The van der Waals surface area contributed by atoms with Crippen LogP contribution in [0, 0.1) is 0 Å². The maximum absolute atomic E-state index is 14.4. The van der Waals surface area contributed by atoms with E-state index in [1.54, 1.807) is 45.0 Å². The first-order valence-electron chi connectivity index (χ1n) is 8.26. The van der Waals surface area contributed by atoms with Gasteiger partial charge in [0.2, 0.25) is 0 Å². The lowest BCUT2D eigenvalue weighted by molar-refractivity contribution is -0.0519. The largest absolute Gasteiger partial charge is 0.445 e. The Morgan fingerprint density at radius 1 is 1.19 bits per heavy atom. The predicted octanol–water partition coefficient (Wildman–Crippen LogP) is 3.56. The number of hydrogen-bond acceptors (Lipinski definition) is 4. The Morgan fingerprint density at radius 2 is 1.81 bits per heavy atom. The zero-order valence-electron chi connectivity index (χ0n) is 15.3. The molecule has 0 saturated carbocycles. The maximum Gasteiger partial charge on any atom is 0.410 e. The SMILES string of the molecule is CC(C)(C)OC(=O)NC1(C)CN(C(=O)OCc2ccccc2)CC1(F)F. The molecule has 1 saturated heterocycles. The van der Waals surface area contributed by atoms with Crippen molar-refractivity contribution < 1.29 is 27.8 Å².